The average Bonchev–Trinajstić information content (AvgIpc) is 3.04. The van der Waals surface area contributed by atoms with Crippen LogP contribution in [0.2, 0.25) is 0 Å². The lowest BCUT2D eigenvalue weighted by Gasteiger charge is -2.09. The van der Waals surface area contributed by atoms with Gasteiger partial charge in [-0.1, -0.05) is 37.3 Å². The Kier molecular flexibility index (Phi) is 5.67. The summed E-state index contributed by atoms with van der Waals surface area (Å²) in [6.07, 6.45) is 2.11. The van der Waals surface area contributed by atoms with Crippen LogP contribution in [0.5, 0.6) is 0 Å². The van der Waals surface area contributed by atoms with Gasteiger partial charge in [-0.3, -0.25) is 4.79 Å². The molecule has 0 aliphatic rings. The SMILES string of the molecule is CCc1ccc(-c2nc(C)c(C(=O)Nc3cc(S(C)(=O)=O)ccc3C)s2)cc1. The molecule has 2 aromatic carbocycles. The van der Waals surface area contributed by atoms with Crippen LogP contribution in [0.15, 0.2) is 47.4 Å². The molecule has 1 amide bonds. The van der Waals surface area contributed by atoms with Gasteiger partial charge in [0.2, 0.25) is 0 Å². The van der Waals surface area contributed by atoms with E-state index in [0.29, 0.717) is 16.3 Å². The molecule has 3 aromatic rings. The number of thiazole rings is 1. The molecular formula is C21H22N2O3S2. The molecule has 1 aromatic heterocycles. The van der Waals surface area contributed by atoms with Gasteiger partial charge >= 0.3 is 0 Å². The predicted octanol–water partition coefficient (Wildman–Crippen LogP) is 4.65. The Morgan fingerprint density at radius 2 is 1.79 bits per heavy atom. The van der Waals surface area contributed by atoms with E-state index in [0.717, 1.165) is 28.8 Å². The van der Waals surface area contributed by atoms with Gasteiger partial charge in [0.1, 0.15) is 9.88 Å². The number of benzene rings is 2. The third kappa shape index (κ3) is 4.31. The molecule has 0 atom stereocenters. The monoisotopic (exact) mass is 414 g/mol. The molecule has 1 N–H and O–H groups in total. The van der Waals surface area contributed by atoms with Crippen LogP contribution in [-0.2, 0) is 16.3 Å². The first-order valence-electron chi connectivity index (χ1n) is 8.88. The van der Waals surface area contributed by atoms with Crippen LogP contribution in [0.4, 0.5) is 5.69 Å². The number of sulfone groups is 1. The zero-order valence-electron chi connectivity index (χ0n) is 16.2. The van der Waals surface area contributed by atoms with E-state index in [1.54, 1.807) is 13.0 Å². The molecule has 0 unspecified atom stereocenters. The summed E-state index contributed by atoms with van der Waals surface area (Å²) in [4.78, 5) is 18.0. The Morgan fingerprint density at radius 3 is 2.39 bits per heavy atom. The van der Waals surface area contributed by atoms with Crippen LogP contribution in [0, 0.1) is 13.8 Å². The molecule has 0 aliphatic carbocycles. The highest BCUT2D eigenvalue weighted by molar-refractivity contribution is 7.90. The van der Waals surface area contributed by atoms with Crippen molar-refractivity contribution in [2.45, 2.75) is 32.1 Å². The molecule has 0 saturated carbocycles. The lowest BCUT2D eigenvalue weighted by molar-refractivity contribution is 0.102. The molecule has 0 radical (unpaired) electrons. The first kappa shape index (κ1) is 20.2. The van der Waals surface area contributed by atoms with Crippen LogP contribution in [0.25, 0.3) is 10.6 Å². The highest BCUT2D eigenvalue weighted by Gasteiger charge is 2.18. The zero-order valence-corrected chi connectivity index (χ0v) is 17.9. The maximum absolute atomic E-state index is 12.8. The quantitative estimate of drug-likeness (QED) is 0.660. The van der Waals surface area contributed by atoms with Crippen molar-refractivity contribution in [1.29, 1.82) is 0 Å². The molecule has 0 saturated heterocycles. The van der Waals surface area contributed by atoms with E-state index >= 15 is 0 Å². The van der Waals surface area contributed by atoms with Crippen LogP contribution >= 0.6 is 11.3 Å². The maximum Gasteiger partial charge on any atom is 0.267 e. The largest absolute Gasteiger partial charge is 0.321 e. The first-order valence-corrected chi connectivity index (χ1v) is 11.6. The second kappa shape index (κ2) is 7.85. The highest BCUT2D eigenvalue weighted by Crippen LogP contribution is 2.29. The predicted molar refractivity (Wildman–Crippen MR) is 114 cm³/mol. The first-order chi connectivity index (χ1) is 13.2. The van der Waals surface area contributed by atoms with Crippen LogP contribution in [0.3, 0.4) is 0 Å². The van der Waals surface area contributed by atoms with Crippen molar-refractivity contribution in [3.05, 3.63) is 64.2 Å². The third-order valence-corrected chi connectivity index (χ3v) is 6.81. The summed E-state index contributed by atoms with van der Waals surface area (Å²) in [5, 5.41) is 3.61. The van der Waals surface area contributed by atoms with Crippen molar-refractivity contribution in [1.82, 2.24) is 4.98 Å². The van der Waals surface area contributed by atoms with Crippen molar-refractivity contribution in [2.75, 3.05) is 11.6 Å². The summed E-state index contributed by atoms with van der Waals surface area (Å²) < 4.78 is 23.6. The Hall–Kier alpha value is -2.51. The standard InChI is InChI=1S/C21H22N2O3S2/c1-5-15-7-9-16(10-8-15)21-22-14(3)19(27-21)20(24)23-18-12-17(28(4,25)26)11-6-13(18)2/h6-12H,5H2,1-4H3,(H,23,24). The Bertz CT molecular complexity index is 1130. The van der Waals surface area contributed by atoms with Gasteiger partial charge in [0.25, 0.3) is 5.91 Å². The second-order valence-electron chi connectivity index (χ2n) is 6.69. The topological polar surface area (TPSA) is 76.1 Å². The summed E-state index contributed by atoms with van der Waals surface area (Å²) in [5.74, 6) is -0.292. The van der Waals surface area contributed by atoms with Crippen LogP contribution in [-0.4, -0.2) is 25.6 Å². The lowest BCUT2D eigenvalue weighted by Crippen LogP contribution is -2.13. The Morgan fingerprint density at radius 1 is 1.11 bits per heavy atom. The number of rotatable bonds is 5. The minimum Gasteiger partial charge on any atom is -0.321 e. The van der Waals surface area contributed by atoms with Crippen molar-refractivity contribution in [2.24, 2.45) is 0 Å². The van der Waals surface area contributed by atoms with Gasteiger partial charge in [0.15, 0.2) is 9.84 Å². The molecule has 0 spiro atoms. The molecule has 0 fully saturated rings. The molecule has 146 valence electrons. The number of nitrogens with one attached hydrogen (secondary N) is 1. The van der Waals surface area contributed by atoms with E-state index in [4.69, 9.17) is 0 Å². The number of carbonyl (C=O) groups is 1. The number of hydrogen-bond acceptors (Lipinski definition) is 5. The summed E-state index contributed by atoms with van der Waals surface area (Å²) in [5.41, 5.74) is 4.14. The molecule has 28 heavy (non-hydrogen) atoms. The van der Waals surface area contributed by atoms with E-state index in [9.17, 15) is 13.2 Å². The molecular weight excluding hydrogens is 392 g/mol. The highest BCUT2D eigenvalue weighted by atomic mass is 32.2. The summed E-state index contributed by atoms with van der Waals surface area (Å²) >= 11 is 1.33. The molecule has 0 bridgehead atoms. The number of carbonyl (C=O) groups excluding carboxylic acids is 1. The Labute approximate surface area is 169 Å². The van der Waals surface area contributed by atoms with E-state index in [2.05, 4.69) is 29.4 Å². The van der Waals surface area contributed by atoms with Gasteiger partial charge in [-0.05, 0) is 43.5 Å². The fraction of sp³-hybridized carbons (Fsp3) is 0.238. The number of aryl methyl sites for hydroxylation is 3. The molecule has 7 heteroatoms. The fourth-order valence-corrected chi connectivity index (χ4v) is 4.37. The molecule has 0 aliphatic heterocycles. The van der Waals surface area contributed by atoms with Crippen molar-refractivity contribution in [3.63, 3.8) is 0 Å². The van der Waals surface area contributed by atoms with Crippen LogP contribution in [0.1, 0.15) is 33.4 Å². The lowest BCUT2D eigenvalue weighted by atomic mass is 10.1. The maximum atomic E-state index is 12.8. The van der Waals surface area contributed by atoms with Gasteiger partial charge in [-0.2, -0.15) is 0 Å². The van der Waals surface area contributed by atoms with Gasteiger partial charge in [0, 0.05) is 17.5 Å². The fourth-order valence-electron chi connectivity index (χ4n) is 2.76. The van der Waals surface area contributed by atoms with E-state index in [1.807, 2.05) is 19.1 Å². The van der Waals surface area contributed by atoms with E-state index in [1.165, 1.54) is 29.0 Å². The number of anilines is 1. The third-order valence-electron chi connectivity index (χ3n) is 4.50. The number of nitrogens with zero attached hydrogens (tertiary/aromatic N) is 1. The molecule has 3 rings (SSSR count). The minimum absolute atomic E-state index is 0.172. The van der Waals surface area contributed by atoms with E-state index in [-0.39, 0.29) is 10.8 Å². The van der Waals surface area contributed by atoms with Gasteiger partial charge < -0.3 is 5.32 Å². The summed E-state index contributed by atoms with van der Waals surface area (Å²) in [7, 11) is -3.35. The Balaban J connectivity index is 1.88. The van der Waals surface area contributed by atoms with Crippen LogP contribution < -0.4 is 5.32 Å². The van der Waals surface area contributed by atoms with E-state index < -0.39 is 9.84 Å². The molecule has 5 nitrogen and oxygen atoms in total. The van der Waals surface area contributed by atoms with Gasteiger partial charge in [0.05, 0.1) is 10.6 Å². The minimum atomic E-state index is -3.35. The average molecular weight is 415 g/mol. The normalized spacial score (nSPS) is 11.4. The van der Waals surface area contributed by atoms with Crippen molar-refractivity contribution >= 4 is 32.8 Å². The van der Waals surface area contributed by atoms with Gasteiger partial charge in [-0.15, -0.1) is 11.3 Å². The smallest absolute Gasteiger partial charge is 0.267 e. The summed E-state index contributed by atoms with van der Waals surface area (Å²) in [6.45, 7) is 5.72. The molecule has 1 heterocycles. The van der Waals surface area contributed by atoms with Gasteiger partial charge in [-0.25, -0.2) is 13.4 Å². The van der Waals surface area contributed by atoms with Crippen molar-refractivity contribution in [3.8, 4) is 10.6 Å². The number of hydrogen-bond donors (Lipinski definition) is 1. The number of aromatic nitrogens is 1. The second-order valence-corrected chi connectivity index (χ2v) is 9.70. The number of amides is 1. The zero-order chi connectivity index (χ0) is 20.5. The van der Waals surface area contributed by atoms with Crippen molar-refractivity contribution < 1.29 is 13.2 Å². The summed E-state index contributed by atoms with van der Waals surface area (Å²) in [6, 6.07) is 12.9.